The summed E-state index contributed by atoms with van der Waals surface area (Å²) >= 11 is 0. The van der Waals surface area contributed by atoms with Gasteiger partial charge in [-0.1, -0.05) is 6.07 Å². The lowest BCUT2D eigenvalue weighted by molar-refractivity contribution is 0.368. The van der Waals surface area contributed by atoms with E-state index in [4.69, 9.17) is 4.29 Å². The number of phenolic OH excluding ortho intramolecular Hbond substituents is 3. The summed E-state index contributed by atoms with van der Waals surface area (Å²) in [6.07, 6.45) is 0. The van der Waals surface area contributed by atoms with E-state index in [1.807, 2.05) is 0 Å². The van der Waals surface area contributed by atoms with Gasteiger partial charge in [0.15, 0.2) is 17.2 Å². The molecule has 0 aliphatic heterocycles. The van der Waals surface area contributed by atoms with Crippen molar-refractivity contribution in [2.75, 3.05) is 0 Å². The van der Waals surface area contributed by atoms with Gasteiger partial charge in [-0.15, -0.1) is 0 Å². The van der Waals surface area contributed by atoms with Crippen molar-refractivity contribution >= 4 is 0 Å². The second kappa shape index (κ2) is 1.85. The molecule has 0 radical (unpaired) electrons. The highest BCUT2D eigenvalue weighted by Crippen LogP contribution is 2.32. The van der Waals surface area contributed by atoms with Crippen molar-refractivity contribution in [2.24, 2.45) is 0 Å². The van der Waals surface area contributed by atoms with Crippen LogP contribution in [0.4, 0.5) is 0 Å². The van der Waals surface area contributed by atoms with E-state index < -0.39 is 0 Å². The molecule has 3 heteroatoms. The third-order valence-electron chi connectivity index (χ3n) is 0.943. The Balaban J connectivity index is 3.13. The second-order valence-corrected chi connectivity index (χ2v) is 1.58. The molecule has 0 atom stereocenters. The molecule has 0 aliphatic carbocycles. The molecule has 0 heterocycles. The lowest BCUT2D eigenvalue weighted by Gasteiger charge is -1.96. The first kappa shape index (κ1) is 2.96. The highest BCUT2D eigenvalue weighted by atomic mass is 16.3. The molecule has 3 N–H and O–H groups in total. The summed E-state index contributed by atoms with van der Waals surface area (Å²) in [5.74, 6) is -0.00741. The van der Waals surface area contributed by atoms with E-state index in [2.05, 4.69) is 15.3 Å². The molecule has 1 rings (SSSR count). The van der Waals surface area contributed by atoms with E-state index in [9.17, 15) is 0 Å². The van der Waals surface area contributed by atoms with Gasteiger partial charge in [0.1, 0.15) is 0 Å². The molecule has 0 saturated carbocycles. The summed E-state index contributed by atoms with van der Waals surface area (Å²) in [6.45, 7) is 0. The third kappa shape index (κ3) is 0.887. The van der Waals surface area contributed by atoms with Crippen LogP contribution >= 0.6 is 0 Å². The maximum Gasteiger partial charge on any atom is 0.293 e. The maximum atomic E-state index is 6.61. The van der Waals surface area contributed by atoms with E-state index in [1.54, 1.807) is 0 Å². The van der Waals surface area contributed by atoms with Gasteiger partial charge in [0.05, 0.1) is 0 Å². The van der Waals surface area contributed by atoms with Crippen molar-refractivity contribution in [3.63, 3.8) is 0 Å². The summed E-state index contributed by atoms with van der Waals surface area (Å²) in [4.78, 5) is 0. The van der Waals surface area contributed by atoms with E-state index in [1.165, 1.54) is 18.2 Å². The fourth-order valence-corrected chi connectivity index (χ4v) is 0.496. The van der Waals surface area contributed by atoms with Crippen LogP contribution in [0.2, 0.25) is 0 Å². The minimum absolute atomic E-state index is 0.0368. The number of hydrogen-bond donors (Lipinski definition) is 3. The molecule has 0 fully saturated rings. The minimum atomic E-state index is -0.0810. The van der Waals surface area contributed by atoms with Crippen molar-refractivity contribution in [2.45, 2.75) is 0 Å². The first-order valence-corrected chi connectivity index (χ1v) is 2.36. The van der Waals surface area contributed by atoms with Crippen molar-refractivity contribution in [3.8, 4) is 17.2 Å². The van der Waals surface area contributed by atoms with Gasteiger partial charge in [-0.05, 0) is 12.1 Å². The van der Waals surface area contributed by atoms with Crippen LogP contribution in [0.1, 0.15) is 0 Å². The zero-order valence-electron chi connectivity index (χ0n) is 7.46. The summed E-state index contributed by atoms with van der Waals surface area (Å²) in [5, 5.41) is 12.4. The van der Waals surface area contributed by atoms with Crippen LogP contribution in [0.5, 0.6) is 17.2 Å². The zero-order chi connectivity index (χ0) is 8.97. The van der Waals surface area contributed by atoms with Gasteiger partial charge < -0.3 is 15.3 Å². The largest absolute Gasteiger partial charge is 0.504 e. The molecule has 9 heavy (non-hydrogen) atoms. The molecule has 0 aliphatic rings. The smallest absolute Gasteiger partial charge is 0.293 e. The molecular formula is C6H6O3. The molecular weight excluding hydrogens is 120 g/mol. The fourth-order valence-electron chi connectivity index (χ4n) is 0.496. The molecule has 0 unspecified atom stereocenters. The Labute approximate surface area is 56.3 Å². The molecule has 48 valence electrons. The predicted octanol–water partition coefficient (Wildman–Crippen LogP) is 0.803. The summed E-state index contributed by atoms with van der Waals surface area (Å²) < 4.78 is 19.8. The average Bonchev–Trinajstić information content (AvgIpc) is 2.16. The molecule has 0 saturated heterocycles. The standard InChI is InChI=1S/C6H6O3/c7-4-2-1-3-5(8)6(4)9/h1-3,7-9H/i/hD3. The number of benzene rings is 1. The van der Waals surface area contributed by atoms with Gasteiger partial charge in [-0.3, -0.25) is 0 Å². The normalized spacial score (nSPS) is 12.7. The molecule has 0 aromatic heterocycles. The first-order valence-electron chi connectivity index (χ1n) is 3.58. The molecule has 3 nitrogen and oxygen atoms in total. The van der Waals surface area contributed by atoms with E-state index in [-0.39, 0.29) is 17.2 Å². The quantitative estimate of drug-likeness (QED) is 0.529. The Kier molecular flexibility index (Phi) is 0.610. The predicted molar refractivity (Wildman–Crippen MR) is 31.4 cm³/mol. The van der Waals surface area contributed by atoms with Gasteiger partial charge in [0, 0.05) is 0 Å². The third-order valence-corrected chi connectivity index (χ3v) is 0.943. The molecule has 0 spiro atoms. The Hall–Kier alpha value is -1.38. The topological polar surface area (TPSA) is 60.7 Å². The molecule has 1 aromatic carbocycles. The summed E-state index contributed by atoms with van der Waals surface area (Å²) in [5.41, 5.74) is 0. The van der Waals surface area contributed by atoms with Crippen LogP contribution < -0.4 is 0 Å². The lowest BCUT2D eigenvalue weighted by atomic mass is 10.3. The Bertz CT molecular complexity index is 244. The van der Waals surface area contributed by atoms with Crippen LogP contribution in [0.15, 0.2) is 18.2 Å². The molecule has 0 bridgehead atoms. The van der Waals surface area contributed by atoms with Crippen LogP contribution in [0.25, 0.3) is 0 Å². The monoisotopic (exact) mass is 129 g/mol. The lowest BCUT2D eigenvalue weighted by Crippen LogP contribution is -1.67. The highest BCUT2D eigenvalue weighted by Gasteiger charge is 2.00. The van der Waals surface area contributed by atoms with Crippen molar-refractivity contribution in [3.05, 3.63) is 18.2 Å². The van der Waals surface area contributed by atoms with Crippen LogP contribution in [-0.2, 0) is 0 Å². The number of aromatic hydroxyl groups is 3. The number of rotatable bonds is 3. The zero-order valence-corrected chi connectivity index (χ0v) is 4.46. The highest BCUT2D eigenvalue weighted by molar-refractivity contribution is 5.47. The average molecular weight is 129 g/mol. The van der Waals surface area contributed by atoms with Crippen LogP contribution in [0.3, 0.4) is 0 Å². The van der Waals surface area contributed by atoms with Gasteiger partial charge in [-0.25, -0.2) is 0 Å². The van der Waals surface area contributed by atoms with Gasteiger partial charge in [-0.2, -0.15) is 0 Å². The van der Waals surface area contributed by atoms with Gasteiger partial charge in [0.25, 0.3) is 4.29 Å². The van der Waals surface area contributed by atoms with Crippen LogP contribution in [-0.4, -0.2) is 19.6 Å². The van der Waals surface area contributed by atoms with E-state index in [0.29, 0.717) is 0 Å². The Morgan fingerprint density at radius 1 is 1.11 bits per heavy atom. The van der Waals surface area contributed by atoms with E-state index in [0.717, 1.165) is 0 Å². The van der Waals surface area contributed by atoms with Crippen molar-refractivity contribution in [1.29, 1.82) is 4.29 Å². The van der Waals surface area contributed by atoms with Crippen LogP contribution in [0, 0.1) is 0 Å². The Morgan fingerprint density at radius 2 is 1.78 bits per heavy atom. The first-order chi connectivity index (χ1) is 5.83. The second-order valence-electron chi connectivity index (χ2n) is 1.58. The van der Waals surface area contributed by atoms with Gasteiger partial charge in [0.2, 0.25) is 0 Å². The van der Waals surface area contributed by atoms with Gasteiger partial charge >= 0.3 is 0 Å². The van der Waals surface area contributed by atoms with Crippen molar-refractivity contribution < 1.29 is 15.3 Å². The van der Waals surface area contributed by atoms with E-state index >= 15 is 0 Å². The molecule has 1 aromatic rings. The van der Waals surface area contributed by atoms with Crippen molar-refractivity contribution in [1.82, 2.24) is 0 Å². The Morgan fingerprint density at radius 3 is 2.22 bits per heavy atom. The minimum Gasteiger partial charge on any atom is -0.504 e. The summed E-state index contributed by atoms with van der Waals surface area (Å²) in [7, 11) is 0. The SMILES string of the molecule is [2H]Oc1cccc(O[2H])c1O[2H]. The number of para-hydroxylation sites is 1. The molecule has 0 amide bonds. The maximum absolute atomic E-state index is 6.61. The number of phenols is 3. The fraction of sp³-hybridized carbons (Fsp3) is 0. The summed E-state index contributed by atoms with van der Waals surface area (Å²) in [6, 6.07) is 4.38. The number of hydrogen-bond acceptors (Lipinski definition) is 3.